The molecule has 0 aliphatic heterocycles. The summed E-state index contributed by atoms with van der Waals surface area (Å²) in [6, 6.07) is 8.08. The lowest BCUT2D eigenvalue weighted by Gasteiger charge is -2.23. The maximum absolute atomic E-state index is 12.7. The van der Waals surface area contributed by atoms with Gasteiger partial charge in [0.1, 0.15) is 11.1 Å². The molecule has 32 heavy (non-hydrogen) atoms. The van der Waals surface area contributed by atoms with Gasteiger partial charge in [0.2, 0.25) is 5.91 Å². The van der Waals surface area contributed by atoms with Crippen LogP contribution in [-0.2, 0) is 16.0 Å². The van der Waals surface area contributed by atoms with Crippen molar-refractivity contribution in [1.29, 1.82) is 0 Å². The van der Waals surface area contributed by atoms with Crippen molar-refractivity contribution in [1.82, 2.24) is 5.32 Å². The van der Waals surface area contributed by atoms with Gasteiger partial charge in [-0.2, -0.15) is 0 Å². The molecule has 0 heterocycles. The predicted molar refractivity (Wildman–Crippen MR) is 132 cm³/mol. The lowest BCUT2D eigenvalue weighted by atomic mass is 10.0. The third-order valence-corrected chi connectivity index (χ3v) is 5.96. The summed E-state index contributed by atoms with van der Waals surface area (Å²) >= 11 is 0. The van der Waals surface area contributed by atoms with Crippen LogP contribution in [0.4, 0.5) is 10.5 Å². The van der Waals surface area contributed by atoms with Crippen molar-refractivity contribution in [3.05, 3.63) is 29.8 Å². The van der Waals surface area contributed by atoms with Crippen molar-refractivity contribution in [3.63, 3.8) is 0 Å². The summed E-state index contributed by atoms with van der Waals surface area (Å²) in [6.07, 6.45) is 15.2. The van der Waals surface area contributed by atoms with E-state index in [1.54, 1.807) is 0 Å². The number of hydrogen-bond acceptors (Lipinski definition) is 3. The molecule has 0 bridgehead atoms. The van der Waals surface area contributed by atoms with E-state index in [1.165, 1.54) is 69.8 Å². The lowest BCUT2D eigenvalue weighted by molar-refractivity contribution is -0.119. The Morgan fingerprint density at radius 1 is 0.875 bits per heavy atom. The zero-order chi connectivity index (χ0) is 23.5. The Kier molecular flexibility index (Phi) is 10.5. The molecule has 5 heteroatoms. The van der Waals surface area contributed by atoms with E-state index in [9.17, 15) is 9.59 Å². The molecule has 2 N–H and O–H groups in total. The van der Waals surface area contributed by atoms with Crippen molar-refractivity contribution < 1.29 is 14.3 Å². The Morgan fingerprint density at radius 2 is 1.41 bits per heavy atom. The van der Waals surface area contributed by atoms with E-state index in [-0.39, 0.29) is 5.91 Å². The van der Waals surface area contributed by atoms with Crippen LogP contribution >= 0.6 is 0 Å². The van der Waals surface area contributed by atoms with Crippen LogP contribution in [0.3, 0.4) is 0 Å². The minimum absolute atomic E-state index is 0.175. The van der Waals surface area contributed by atoms with Gasteiger partial charge in [-0.3, -0.25) is 4.79 Å². The van der Waals surface area contributed by atoms with Gasteiger partial charge in [-0.1, -0.05) is 76.8 Å². The van der Waals surface area contributed by atoms with Gasteiger partial charge < -0.3 is 15.4 Å². The molecule has 0 radical (unpaired) electrons. The van der Waals surface area contributed by atoms with Crippen molar-refractivity contribution in [2.45, 2.75) is 122 Å². The monoisotopic (exact) mass is 444 g/mol. The molecule has 2 rings (SSSR count). The second kappa shape index (κ2) is 12.9. The molecule has 0 saturated heterocycles. The topological polar surface area (TPSA) is 67.4 Å². The van der Waals surface area contributed by atoms with Crippen LogP contribution in [0.15, 0.2) is 24.3 Å². The first kappa shape index (κ1) is 26.2. The summed E-state index contributed by atoms with van der Waals surface area (Å²) in [6.45, 7) is 7.69. The normalized spacial score (nSPS) is 14.6. The molecule has 0 atom stereocenters. The van der Waals surface area contributed by atoms with Crippen molar-refractivity contribution in [3.8, 4) is 0 Å². The number of alkyl carbamates (subject to hydrolysis) is 1. The number of ether oxygens (including phenoxy) is 1. The van der Waals surface area contributed by atoms with Crippen LogP contribution in [0.1, 0.15) is 110 Å². The Labute approximate surface area is 195 Å². The molecule has 1 aromatic rings. The van der Waals surface area contributed by atoms with Gasteiger partial charge in [0.05, 0.1) is 0 Å². The molecule has 1 aliphatic carbocycles. The zero-order valence-electron chi connectivity index (χ0n) is 20.7. The number of unbranched alkanes of at least 4 members (excludes halogenated alkanes) is 9. The van der Waals surface area contributed by atoms with E-state index < -0.39 is 17.2 Å². The van der Waals surface area contributed by atoms with E-state index in [1.807, 2.05) is 32.9 Å². The van der Waals surface area contributed by atoms with Crippen LogP contribution in [0.25, 0.3) is 0 Å². The molecule has 180 valence electrons. The minimum Gasteiger partial charge on any atom is -0.444 e. The number of anilines is 1. The molecule has 5 nitrogen and oxygen atoms in total. The van der Waals surface area contributed by atoms with Gasteiger partial charge >= 0.3 is 6.09 Å². The Hall–Kier alpha value is -2.04. The summed E-state index contributed by atoms with van der Waals surface area (Å²) in [5.74, 6) is -0.175. The fourth-order valence-corrected chi connectivity index (χ4v) is 3.85. The third-order valence-electron chi connectivity index (χ3n) is 5.96. The van der Waals surface area contributed by atoms with Gasteiger partial charge in [0.25, 0.3) is 0 Å². The highest BCUT2D eigenvalue weighted by molar-refractivity contribution is 6.02. The average molecular weight is 445 g/mol. The molecule has 1 fully saturated rings. The highest BCUT2D eigenvalue weighted by Crippen LogP contribution is 2.37. The van der Waals surface area contributed by atoms with Crippen molar-refractivity contribution in [2.24, 2.45) is 0 Å². The number of rotatable bonds is 14. The number of carbonyl (C=O) groups excluding carboxylic acids is 2. The highest BCUT2D eigenvalue weighted by atomic mass is 16.6. The molecular formula is C27H44N2O3. The lowest BCUT2D eigenvalue weighted by Crippen LogP contribution is -2.47. The summed E-state index contributed by atoms with van der Waals surface area (Å²) in [7, 11) is 0. The maximum atomic E-state index is 12.7. The van der Waals surface area contributed by atoms with Crippen LogP contribution in [0.2, 0.25) is 0 Å². The molecule has 2 amide bonds. The Bertz CT molecular complexity index is 703. The average Bonchev–Trinajstić information content (AvgIpc) is 3.49. The van der Waals surface area contributed by atoms with Crippen molar-refractivity contribution >= 4 is 17.7 Å². The molecule has 0 unspecified atom stereocenters. The quantitative estimate of drug-likeness (QED) is 0.299. The largest absolute Gasteiger partial charge is 0.444 e. The number of carbonyl (C=O) groups is 2. The van der Waals surface area contributed by atoms with Gasteiger partial charge in [-0.05, 0) is 64.2 Å². The summed E-state index contributed by atoms with van der Waals surface area (Å²) in [4.78, 5) is 24.7. The minimum atomic E-state index is -0.836. The van der Waals surface area contributed by atoms with Crippen molar-refractivity contribution in [2.75, 3.05) is 5.32 Å². The molecule has 0 aromatic heterocycles. The summed E-state index contributed by atoms with van der Waals surface area (Å²) in [5, 5.41) is 5.68. The molecule has 1 aromatic carbocycles. The second-order valence-corrected chi connectivity index (χ2v) is 10.3. The van der Waals surface area contributed by atoms with Crippen LogP contribution in [-0.4, -0.2) is 23.1 Å². The second-order valence-electron chi connectivity index (χ2n) is 10.3. The van der Waals surface area contributed by atoms with Crippen LogP contribution < -0.4 is 10.6 Å². The third kappa shape index (κ3) is 10.1. The number of nitrogens with one attached hydrogen (secondary N) is 2. The first-order valence-electron chi connectivity index (χ1n) is 12.7. The molecule has 0 spiro atoms. The fourth-order valence-electron chi connectivity index (χ4n) is 3.85. The number of amides is 2. The van der Waals surface area contributed by atoms with Gasteiger partial charge in [-0.25, -0.2) is 4.79 Å². The van der Waals surface area contributed by atoms with Gasteiger partial charge in [0, 0.05) is 5.69 Å². The number of aryl methyl sites for hydroxylation is 1. The van der Waals surface area contributed by atoms with E-state index in [0.29, 0.717) is 12.8 Å². The van der Waals surface area contributed by atoms with E-state index in [2.05, 4.69) is 29.7 Å². The van der Waals surface area contributed by atoms with Gasteiger partial charge in [0.15, 0.2) is 0 Å². The first-order valence-corrected chi connectivity index (χ1v) is 12.7. The smallest absolute Gasteiger partial charge is 0.408 e. The Morgan fingerprint density at radius 3 is 1.91 bits per heavy atom. The van der Waals surface area contributed by atoms with Crippen LogP contribution in [0, 0.1) is 0 Å². The standard InChI is InChI=1S/C27H44N2O3/c1-5-6-7-8-9-10-11-12-13-14-15-22-16-18-23(19-17-22)28-24(30)27(20-21-27)29-25(31)32-26(2,3)4/h16-19H,5-15,20-21H2,1-4H3,(H,28,30)(H,29,31). The fraction of sp³-hybridized carbons (Fsp3) is 0.704. The summed E-state index contributed by atoms with van der Waals surface area (Å²) in [5.41, 5.74) is 0.646. The van der Waals surface area contributed by atoms with Gasteiger partial charge in [-0.15, -0.1) is 0 Å². The highest BCUT2D eigenvalue weighted by Gasteiger charge is 2.52. The molecule has 1 saturated carbocycles. The maximum Gasteiger partial charge on any atom is 0.408 e. The SMILES string of the molecule is CCCCCCCCCCCCc1ccc(NC(=O)C2(NC(=O)OC(C)(C)C)CC2)cc1. The molecular weight excluding hydrogens is 400 g/mol. The van der Waals surface area contributed by atoms with E-state index in [0.717, 1.165) is 12.1 Å². The predicted octanol–water partition coefficient (Wildman–Crippen LogP) is 7.15. The Balaban J connectivity index is 1.63. The zero-order valence-corrected chi connectivity index (χ0v) is 20.7. The number of hydrogen-bond donors (Lipinski definition) is 2. The van der Waals surface area contributed by atoms with E-state index >= 15 is 0 Å². The molecule has 1 aliphatic rings. The van der Waals surface area contributed by atoms with Crippen LogP contribution in [0.5, 0.6) is 0 Å². The van der Waals surface area contributed by atoms with E-state index in [4.69, 9.17) is 4.74 Å². The first-order chi connectivity index (χ1) is 15.2. The summed E-state index contributed by atoms with van der Waals surface area (Å²) < 4.78 is 5.29. The number of benzene rings is 1.